The van der Waals surface area contributed by atoms with Crippen LogP contribution in [0.25, 0.3) is 10.8 Å². The van der Waals surface area contributed by atoms with Gasteiger partial charge in [0.05, 0.1) is 0 Å². The minimum absolute atomic E-state index is 0.0928. The van der Waals surface area contributed by atoms with Crippen LogP contribution >= 0.6 is 11.6 Å². The van der Waals surface area contributed by atoms with E-state index in [2.05, 4.69) is 4.98 Å². The maximum absolute atomic E-state index is 10.9. The van der Waals surface area contributed by atoms with Crippen LogP contribution in [0.3, 0.4) is 0 Å². The van der Waals surface area contributed by atoms with E-state index in [9.17, 15) is 4.79 Å². The second-order valence-corrected chi connectivity index (χ2v) is 3.01. The molecular weight excluding hydrogens is 174 g/mol. The Kier molecular flexibility index (Phi) is 1.62. The van der Waals surface area contributed by atoms with Crippen LogP contribution in [0.5, 0.6) is 0 Å². The summed E-state index contributed by atoms with van der Waals surface area (Å²) in [5, 5.41) is 2.53. The van der Waals surface area contributed by atoms with Crippen molar-refractivity contribution >= 4 is 22.4 Å². The summed E-state index contributed by atoms with van der Waals surface area (Å²) in [4.78, 5) is 13.5. The van der Waals surface area contributed by atoms with Crippen LogP contribution in [-0.2, 0) is 0 Å². The first-order valence-corrected chi connectivity index (χ1v) is 3.91. The molecule has 1 heterocycles. The summed E-state index contributed by atoms with van der Waals surface area (Å²) in [5.74, 6) is 0. The lowest BCUT2D eigenvalue weighted by atomic mass is 10.2. The molecular formula is C9H6ClNO. The van der Waals surface area contributed by atoms with Crippen LogP contribution in [0, 0.1) is 0 Å². The standard InChI is InChI=1S/C9H6ClNO/c10-8-2-1-6-4-9(12)11-5-7(6)3-8/h1-5H,(H,11,12). The second kappa shape index (κ2) is 2.64. The maximum Gasteiger partial charge on any atom is 0.248 e. The first kappa shape index (κ1) is 7.37. The van der Waals surface area contributed by atoms with E-state index in [4.69, 9.17) is 11.6 Å². The van der Waals surface area contributed by atoms with Gasteiger partial charge in [-0.2, -0.15) is 0 Å². The molecule has 0 fully saturated rings. The summed E-state index contributed by atoms with van der Waals surface area (Å²) in [5.41, 5.74) is -0.0928. The predicted molar refractivity (Wildman–Crippen MR) is 49.6 cm³/mol. The molecule has 1 N–H and O–H groups in total. The lowest BCUT2D eigenvalue weighted by Gasteiger charge is -1.95. The Balaban J connectivity index is 2.87. The van der Waals surface area contributed by atoms with Crippen molar-refractivity contribution in [2.45, 2.75) is 0 Å². The molecule has 12 heavy (non-hydrogen) atoms. The van der Waals surface area contributed by atoms with Crippen molar-refractivity contribution in [3.05, 3.63) is 45.8 Å². The van der Waals surface area contributed by atoms with Gasteiger partial charge in [-0.15, -0.1) is 0 Å². The van der Waals surface area contributed by atoms with Gasteiger partial charge in [0.1, 0.15) is 0 Å². The molecule has 0 amide bonds. The van der Waals surface area contributed by atoms with Crippen LogP contribution < -0.4 is 5.56 Å². The van der Waals surface area contributed by atoms with Crippen LogP contribution in [-0.4, -0.2) is 4.98 Å². The SMILES string of the molecule is O=c1cc2ccc(Cl)cc2c[nH]1. The number of rotatable bonds is 0. The molecule has 0 aliphatic carbocycles. The quantitative estimate of drug-likeness (QED) is 0.661. The highest BCUT2D eigenvalue weighted by Gasteiger charge is 1.94. The number of fused-ring (bicyclic) bond motifs is 1. The topological polar surface area (TPSA) is 32.9 Å². The number of nitrogens with one attached hydrogen (secondary N) is 1. The zero-order chi connectivity index (χ0) is 8.55. The van der Waals surface area contributed by atoms with Gasteiger partial charge >= 0.3 is 0 Å². The molecule has 2 rings (SSSR count). The first-order valence-electron chi connectivity index (χ1n) is 3.54. The molecule has 2 nitrogen and oxygen atoms in total. The second-order valence-electron chi connectivity index (χ2n) is 2.57. The van der Waals surface area contributed by atoms with Gasteiger partial charge in [0, 0.05) is 17.3 Å². The minimum Gasteiger partial charge on any atom is -0.328 e. The monoisotopic (exact) mass is 179 g/mol. The van der Waals surface area contributed by atoms with Crippen molar-refractivity contribution < 1.29 is 0 Å². The Hall–Kier alpha value is -1.28. The number of aromatic amines is 1. The number of pyridine rings is 1. The van der Waals surface area contributed by atoms with Crippen molar-refractivity contribution in [1.82, 2.24) is 4.98 Å². The summed E-state index contributed by atoms with van der Waals surface area (Å²) in [7, 11) is 0. The number of halogens is 1. The molecule has 0 saturated heterocycles. The predicted octanol–water partition coefficient (Wildman–Crippen LogP) is 2.18. The van der Waals surface area contributed by atoms with E-state index in [1.165, 1.54) is 0 Å². The highest BCUT2D eigenvalue weighted by Crippen LogP contribution is 2.16. The van der Waals surface area contributed by atoms with Crippen molar-refractivity contribution in [2.75, 3.05) is 0 Å². The normalized spacial score (nSPS) is 10.4. The molecule has 0 bridgehead atoms. The van der Waals surface area contributed by atoms with E-state index in [0.29, 0.717) is 5.02 Å². The van der Waals surface area contributed by atoms with Crippen LogP contribution in [0.2, 0.25) is 5.02 Å². The van der Waals surface area contributed by atoms with Crippen molar-refractivity contribution in [1.29, 1.82) is 0 Å². The van der Waals surface area contributed by atoms with Crippen molar-refractivity contribution in [2.24, 2.45) is 0 Å². The third-order valence-electron chi connectivity index (χ3n) is 1.71. The Labute approximate surface area is 73.8 Å². The third kappa shape index (κ3) is 1.21. The minimum atomic E-state index is -0.0928. The summed E-state index contributed by atoms with van der Waals surface area (Å²) < 4.78 is 0. The molecule has 0 spiro atoms. The largest absolute Gasteiger partial charge is 0.328 e. The van der Waals surface area contributed by atoms with Gasteiger partial charge in [0.2, 0.25) is 5.56 Å². The van der Waals surface area contributed by atoms with Gasteiger partial charge in [-0.05, 0) is 22.9 Å². The molecule has 1 aromatic carbocycles. The Morgan fingerprint density at radius 3 is 2.83 bits per heavy atom. The highest BCUT2D eigenvalue weighted by atomic mass is 35.5. The number of H-pyrrole nitrogens is 1. The van der Waals surface area contributed by atoms with E-state index in [1.54, 1.807) is 18.3 Å². The number of aromatic nitrogens is 1. The van der Waals surface area contributed by atoms with Gasteiger partial charge in [0.15, 0.2) is 0 Å². The molecule has 0 radical (unpaired) electrons. The fourth-order valence-corrected chi connectivity index (χ4v) is 1.31. The smallest absolute Gasteiger partial charge is 0.248 e. The molecule has 0 aliphatic rings. The van der Waals surface area contributed by atoms with E-state index in [1.807, 2.05) is 12.1 Å². The zero-order valence-corrected chi connectivity index (χ0v) is 6.93. The fourth-order valence-electron chi connectivity index (χ4n) is 1.13. The molecule has 0 unspecified atom stereocenters. The van der Waals surface area contributed by atoms with Crippen molar-refractivity contribution in [3.63, 3.8) is 0 Å². The number of benzene rings is 1. The first-order chi connectivity index (χ1) is 5.75. The average Bonchev–Trinajstić information content (AvgIpc) is 2.05. The maximum atomic E-state index is 10.9. The lowest BCUT2D eigenvalue weighted by Crippen LogP contribution is -2.01. The van der Waals surface area contributed by atoms with E-state index in [0.717, 1.165) is 10.8 Å². The number of hydrogen-bond acceptors (Lipinski definition) is 1. The van der Waals surface area contributed by atoms with Crippen molar-refractivity contribution in [3.8, 4) is 0 Å². The Bertz CT molecular complexity index is 475. The van der Waals surface area contributed by atoms with E-state index < -0.39 is 0 Å². The van der Waals surface area contributed by atoms with Gasteiger partial charge in [0.25, 0.3) is 0 Å². The van der Waals surface area contributed by atoms with Gasteiger partial charge in [-0.25, -0.2) is 0 Å². The lowest BCUT2D eigenvalue weighted by molar-refractivity contribution is 1.27. The zero-order valence-electron chi connectivity index (χ0n) is 6.17. The van der Waals surface area contributed by atoms with Crippen LogP contribution in [0.4, 0.5) is 0 Å². The van der Waals surface area contributed by atoms with E-state index >= 15 is 0 Å². The fraction of sp³-hybridized carbons (Fsp3) is 0. The average molecular weight is 180 g/mol. The van der Waals surface area contributed by atoms with Crippen LogP contribution in [0.15, 0.2) is 35.3 Å². The summed E-state index contributed by atoms with van der Waals surface area (Å²) in [6.07, 6.45) is 1.66. The highest BCUT2D eigenvalue weighted by molar-refractivity contribution is 6.31. The van der Waals surface area contributed by atoms with Crippen LogP contribution in [0.1, 0.15) is 0 Å². The molecule has 0 atom stereocenters. The molecule has 60 valence electrons. The Morgan fingerprint density at radius 1 is 1.17 bits per heavy atom. The summed E-state index contributed by atoms with van der Waals surface area (Å²) in [6, 6.07) is 6.95. The summed E-state index contributed by atoms with van der Waals surface area (Å²) >= 11 is 5.77. The summed E-state index contributed by atoms with van der Waals surface area (Å²) in [6.45, 7) is 0. The molecule has 1 aromatic heterocycles. The Morgan fingerprint density at radius 2 is 2.00 bits per heavy atom. The molecule has 0 saturated carbocycles. The third-order valence-corrected chi connectivity index (χ3v) is 1.94. The molecule has 0 aliphatic heterocycles. The molecule has 3 heteroatoms. The number of hydrogen-bond donors (Lipinski definition) is 1. The molecule has 2 aromatic rings. The van der Waals surface area contributed by atoms with Gasteiger partial charge in [-0.1, -0.05) is 17.7 Å². The van der Waals surface area contributed by atoms with Gasteiger partial charge < -0.3 is 4.98 Å². The van der Waals surface area contributed by atoms with E-state index in [-0.39, 0.29) is 5.56 Å². The van der Waals surface area contributed by atoms with Gasteiger partial charge in [-0.3, -0.25) is 4.79 Å².